The molecule has 0 heterocycles. The van der Waals surface area contributed by atoms with E-state index in [1.165, 1.54) is 0 Å². The normalized spacial score (nSPS) is 12.3. The number of aliphatic hydroxyl groups excluding tert-OH is 1. The van der Waals surface area contributed by atoms with Gasteiger partial charge in [0, 0.05) is 5.92 Å². The van der Waals surface area contributed by atoms with Crippen molar-refractivity contribution in [1.82, 2.24) is 0 Å². The van der Waals surface area contributed by atoms with E-state index >= 15 is 0 Å². The molecule has 0 saturated heterocycles. The van der Waals surface area contributed by atoms with E-state index in [2.05, 4.69) is 0 Å². The van der Waals surface area contributed by atoms with Crippen molar-refractivity contribution in [2.75, 3.05) is 0 Å². The molecule has 0 bridgehead atoms. The average Bonchev–Trinajstić information content (AvgIpc) is 2.40. The zero-order valence-electron chi connectivity index (χ0n) is 10.4. The van der Waals surface area contributed by atoms with Gasteiger partial charge in [-0.2, -0.15) is 0 Å². The molecular formula is C16H16O3. The van der Waals surface area contributed by atoms with E-state index in [-0.39, 0.29) is 12.3 Å². The Morgan fingerprint density at radius 3 is 1.68 bits per heavy atom. The Morgan fingerprint density at radius 1 is 0.895 bits per heavy atom. The largest absolute Gasteiger partial charge is 0.481 e. The monoisotopic (exact) mass is 256 g/mol. The van der Waals surface area contributed by atoms with Crippen molar-refractivity contribution in [3.05, 3.63) is 71.8 Å². The average molecular weight is 256 g/mol. The molecule has 0 aliphatic carbocycles. The van der Waals surface area contributed by atoms with Crippen LogP contribution in [0.5, 0.6) is 0 Å². The van der Waals surface area contributed by atoms with Crippen LogP contribution in [-0.4, -0.2) is 22.3 Å². The van der Waals surface area contributed by atoms with E-state index in [1.54, 1.807) is 0 Å². The number of carboxylic acids is 1. The Kier molecular flexibility index (Phi) is 4.31. The van der Waals surface area contributed by atoms with Crippen molar-refractivity contribution in [2.24, 2.45) is 0 Å². The van der Waals surface area contributed by atoms with Crippen LogP contribution in [0.3, 0.4) is 0 Å². The van der Waals surface area contributed by atoms with Crippen LogP contribution in [0, 0.1) is 0 Å². The molecule has 0 saturated carbocycles. The lowest BCUT2D eigenvalue weighted by Crippen LogP contribution is -2.23. The van der Waals surface area contributed by atoms with E-state index < -0.39 is 12.1 Å². The number of carboxylic acid groups (broad SMARTS) is 1. The molecule has 3 nitrogen and oxygen atoms in total. The molecule has 19 heavy (non-hydrogen) atoms. The summed E-state index contributed by atoms with van der Waals surface area (Å²) in [5, 5.41) is 19.1. The summed E-state index contributed by atoms with van der Waals surface area (Å²) in [6.45, 7) is 0. The molecule has 98 valence electrons. The SMILES string of the molecule is O=C(O)CC(O)C(c1ccccc1)c1ccccc1. The molecule has 1 atom stereocenters. The second kappa shape index (κ2) is 6.16. The third-order valence-corrected chi connectivity index (χ3v) is 3.09. The molecule has 1 unspecified atom stereocenters. The number of carbonyl (C=O) groups is 1. The number of aliphatic carboxylic acids is 1. The van der Waals surface area contributed by atoms with Crippen molar-refractivity contribution in [3.8, 4) is 0 Å². The molecule has 0 aromatic heterocycles. The molecule has 2 aromatic rings. The van der Waals surface area contributed by atoms with Crippen molar-refractivity contribution < 1.29 is 15.0 Å². The summed E-state index contributed by atoms with van der Waals surface area (Å²) in [6, 6.07) is 19.0. The summed E-state index contributed by atoms with van der Waals surface area (Å²) in [5.74, 6) is -1.32. The quantitative estimate of drug-likeness (QED) is 0.864. The molecule has 0 radical (unpaired) electrons. The lowest BCUT2D eigenvalue weighted by molar-refractivity contribution is -0.139. The fourth-order valence-corrected chi connectivity index (χ4v) is 2.25. The zero-order chi connectivity index (χ0) is 13.7. The first kappa shape index (κ1) is 13.3. The second-order valence-electron chi connectivity index (χ2n) is 4.46. The summed E-state index contributed by atoms with van der Waals surface area (Å²) in [7, 11) is 0. The summed E-state index contributed by atoms with van der Waals surface area (Å²) in [4.78, 5) is 10.8. The van der Waals surface area contributed by atoms with Gasteiger partial charge < -0.3 is 10.2 Å². The van der Waals surface area contributed by atoms with E-state index in [1.807, 2.05) is 60.7 Å². The predicted octanol–water partition coefficient (Wildman–Crippen LogP) is 2.65. The maximum absolute atomic E-state index is 10.8. The smallest absolute Gasteiger partial charge is 0.306 e. The van der Waals surface area contributed by atoms with Gasteiger partial charge >= 0.3 is 5.97 Å². The lowest BCUT2D eigenvalue weighted by atomic mass is 9.85. The number of hydrogen-bond donors (Lipinski definition) is 2. The Morgan fingerprint density at radius 2 is 1.32 bits per heavy atom. The van der Waals surface area contributed by atoms with Gasteiger partial charge in [-0.15, -0.1) is 0 Å². The van der Waals surface area contributed by atoms with Gasteiger partial charge in [-0.25, -0.2) is 0 Å². The van der Waals surface area contributed by atoms with Crippen LogP contribution in [0.2, 0.25) is 0 Å². The number of hydrogen-bond acceptors (Lipinski definition) is 2. The van der Waals surface area contributed by atoms with Gasteiger partial charge in [0.15, 0.2) is 0 Å². The number of benzene rings is 2. The first-order valence-corrected chi connectivity index (χ1v) is 6.18. The molecular weight excluding hydrogens is 240 g/mol. The maximum Gasteiger partial charge on any atom is 0.306 e. The van der Waals surface area contributed by atoms with Gasteiger partial charge in [-0.05, 0) is 11.1 Å². The Balaban J connectivity index is 2.37. The first-order chi connectivity index (χ1) is 9.18. The van der Waals surface area contributed by atoms with Crippen molar-refractivity contribution in [2.45, 2.75) is 18.4 Å². The predicted molar refractivity (Wildman–Crippen MR) is 73.0 cm³/mol. The highest BCUT2D eigenvalue weighted by Gasteiger charge is 2.24. The Hall–Kier alpha value is -2.13. The van der Waals surface area contributed by atoms with Gasteiger partial charge in [-0.1, -0.05) is 60.7 Å². The highest BCUT2D eigenvalue weighted by atomic mass is 16.4. The van der Waals surface area contributed by atoms with Crippen LogP contribution >= 0.6 is 0 Å². The van der Waals surface area contributed by atoms with Crippen LogP contribution in [-0.2, 0) is 4.79 Å². The summed E-state index contributed by atoms with van der Waals surface area (Å²) >= 11 is 0. The number of rotatable bonds is 5. The Labute approximate surface area is 112 Å². The molecule has 0 amide bonds. The van der Waals surface area contributed by atoms with Crippen molar-refractivity contribution in [3.63, 3.8) is 0 Å². The van der Waals surface area contributed by atoms with E-state index in [0.717, 1.165) is 11.1 Å². The van der Waals surface area contributed by atoms with E-state index in [4.69, 9.17) is 5.11 Å². The summed E-state index contributed by atoms with van der Waals surface area (Å²) in [5.41, 5.74) is 1.84. The van der Waals surface area contributed by atoms with Crippen molar-refractivity contribution >= 4 is 5.97 Å². The van der Waals surface area contributed by atoms with Crippen LogP contribution < -0.4 is 0 Å². The van der Waals surface area contributed by atoms with Gasteiger partial charge in [0.1, 0.15) is 0 Å². The van der Waals surface area contributed by atoms with Crippen LogP contribution in [0.25, 0.3) is 0 Å². The van der Waals surface area contributed by atoms with Crippen LogP contribution in [0.4, 0.5) is 0 Å². The minimum atomic E-state index is -0.996. The first-order valence-electron chi connectivity index (χ1n) is 6.18. The molecule has 2 rings (SSSR count). The fourth-order valence-electron chi connectivity index (χ4n) is 2.25. The van der Waals surface area contributed by atoms with E-state index in [9.17, 15) is 9.90 Å². The van der Waals surface area contributed by atoms with Gasteiger partial charge in [0.25, 0.3) is 0 Å². The highest BCUT2D eigenvalue weighted by molar-refractivity contribution is 5.67. The minimum absolute atomic E-state index is 0.269. The molecule has 3 heteroatoms. The third kappa shape index (κ3) is 3.42. The highest BCUT2D eigenvalue weighted by Crippen LogP contribution is 2.29. The molecule has 0 aliphatic heterocycles. The maximum atomic E-state index is 10.8. The van der Waals surface area contributed by atoms with Crippen LogP contribution in [0.1, 0.15) is 23.5 Å². The summed E-state index contributed by atoms with van der Waals surface area (Å²) < 4.78 is 0. The molecule has 2 N–H and O–H groups in total. The number of aliphatic hydroxyl groups is 1. The fraction of sp³-hybridized carbons (Fsp3) is 0.188. The van der Waals surface area contributed by atoms with Crippen molar-refractivity contribution in [1.29, 1.82) is 0 Å². The Bertz CT molecular complexity index is 483. The van der Waals surface area contributed by atoms with Gasteiger partial charge in [0.05, 0.1) is 12.5 Å². The van der Waals surface area contributed by atoms with Gasteiger partial charge in [0.2, 0.25) is 0 Å². The molecule has 0 spiro atoms. The molecule has 0 fully saturated rings. The standard InChI is InChI=1S/C16H16O3/c17-14(11-15(18)19)16(12-7-3-1-4-8-12)13-9-5-2-6-10-13/h1-10,14,16-17H,11H2,(H,18,19). The minimum Gasteiger partial charge on any atom is -0.481 e. The lowest BCUT2D eigenvalue weighted by Gasteiger charge is -2.22. The topological polar surface area (TPSA) is 57.5 Å². The second-order valence-corrected chi connectivity index (χ2v) is 4.46. The molecule has 0 aliphatic rings. The van der Waals surface area contributed by atoms with Crippen LogP contribution in [0.15, 0.2) is 60.7 Å². The zero-order valence-corrected chi connectivity index (χ0v) is 10.4. The van der Waals surface area contributed by atoms with E-state index in [0.29, 0.717) is 0 Å². The third-order valence-electron chi connectivity index (χ3n) is 3.09. The summed E-state index contributed by atoms with van der Waals surface area (Å²) in [6.07, 6.45) is -1.21. The van der Waals surface area contributed by atoms with Gasteiger partial charge in [-0.3, -0.25) is 4.79 Å². The molecule has 2 aromatic carbocycles.